The summed E-state index contributed by atoms with van der Waals surface area (Å²) in [6, 6.07) is 13.7. The molecule has 3 aromatic rings. The van der Waals surface area contributed by atoms with Gasteiger partial charge in [0.15, 0.2) is 0 Å². The predicted octanol–water partition coefficient (Wildman–Crippen LogP) is 5.25. The number of carbonyl (C=O) groups excluding carboxylic acids is 2. The Balaban J connectivity index is 1.20. The summed E-state index contributed by atoms with van der Waals surface area (Å²) in [5, 5.41) is 0. The minimum atomic E-state index is -0.472. The second-order valence-electron chi connectivity index (χ2n) is 10.9. The molecule has 2 saturated heterocycles. The highest BCUT2D eigenvalue weighted by Crippen LogP contribution is 2.41. The van der Waals surface area contributed by atoms with Crippen LogP contribution in [0.15, 0.2) is 54.9 Å². The molecule has 1 spiro atoms. The minimum absolute atomic E-state index is 0.0802. The van der Waals surface area contributed by atoms with Gasteiger partial charge in [-0.05, 0) is 76.1 Å². The van der Waals surface area contributed by atoms with Crippen LogP contribution in [0.2, 0.25) is 0 Å². The quantitative estimate of drug-likeness (QED) is 0.508. The molecular formula is C28H34N4O3. The van der Waals surface area contributed by atoms with Gasteiger partial charge in [-0.1, -0.05) is 18.2 Å². The maximum atomic E-state index is 13.3. The van der Waals surface area contributed by atoms with E-state index < -0.39 is 5.60 Å². The van der Waals surface area contributed by atoms with E-state index in [0.29, 0.717) is 5.56 Å². The number of aromatic nitrogens is 2. The van der Waals surface area contributed by atoms with Gasteiger partial charge in [0.05, 0.1) is 5.69 Å². The van der Waals surface area contributed by atoms with Gasteiger partial charge in [0.1, 0.15) is 11.2 Å². The first-order valence-electron chi connectivity index (χ1n) is 12.5. The molecule has 2 aliphatic rings. The number of amides is 2. The summed E-state index contributed by atoms with van der Waals surface area (Å²) in [7, 11) is 0. The Bertz CT molecular complexity index is 1190. The van der Waals surface area contributed by atoms with E-state index in [1.54, 1.807) is 0 Å². The summed E-state index contributed by atoms with van der Waals surface area (Å²) < 4.78 is 7.53. The van der Waals surface area contributed by atoms with Crippen molar-refractivity contribution in [2.45, 2.75) is 52.1 Å². The molecule has 0 bridgehead atoms. The summed E-state index contributed by atoms with van der Waals surface area (Å²) in [5.74, 6) is 0.0802. The molecule has 7 heteroatoms. The predicted molar refractivity (Wildman–Crippen MR) is 135 cm³/mol. The van der Waals surface area contributed by atoms with Crippen LogP contribution < -0.4 is 0 Å². The molecule has 1 aromatic carbocycles. The number of fused-ring (bicyclic) bond motifs is 1. The lowest BCUT2D eigenvalue weighted by atomic mass is 9.71. The van der Waals surface area contributed by atoms with Crippen LogP contribution in [0.3, 0.4) is 0 Å². The molecule has 0 aliphatic carbocycles. The number of imidazole rings is 1. The molecule has 0 saturated carbocycles. The van der Waals surface area contributed by atoms with Crippen molar-refractivity contribution in [3.8, 4) is 11.3 Å². The zero-order valence-corrected chi connectivity index (χ0v) is 20.9. The Hall–Kier alpha value is -3.35. The molecule has 2 fully saturated rings. The second-order valence-corrected chi connectivity index (χ2v) is 10.9. The summed E-state index contributed by atoms with van der Waals surface area (Å²) in [6.07, 6.45) is 7.65. The third kappa shape index (κ3) is 5.04. The van der Waals surface area contributed by atoms with Crippen molar-refractivity contribution in [1.82, 2.24) is 19.2 Å². The third-order valence-corrected chi connectivity index (χ3v) is 7.36. The smallest absolute Gasteiger partial charge is 0.410 e. The largest absolute Gasteiger partial charge is 0.444 e. The zero-order valence-electron chi connectivity index (χ0n) is 20.9. The summed E-state index contributed by atoms with van der Waals surface area (Å²) >= 11 is 0. The summed E-state index contributed by atoms with van der Waals surface area (Å²) in [5.41, 5.74) is 3.14. The summed E-state index contributed by atoms with van der Waals surface area (Å²) in [4.78, 5) is 34.2. The first-order valence-corrected chi connectivity index (χ1v) is 12.5. The van der Waals surface area contributed by atoms with Crippen LogP contribution in [0.25, 0.3) is 16.9 Å². The molecule has 0 unspecified atom stereocenters. The average Bonchev–Trinajstić information content (AvgIpc) is 3.28. The van der Waals surface area contributed by atoms with E-state index in [0.717, 1.165) is 68.8 Å². The number of ether oxygens (including phenoxy) is 1. The number of pyridine rings is 1. The highest BCUT2D eigenvalue weighted by molar-refractivity contribution is 5.95. The number of hydrogen-bond acceptors (Lipinski definition) is 4. The Labute approximate surface area is 206 Å². The van der Waals surface area contributed by atoms with Crippen LogP contribution in [-0.4, -0.2) is 63.0 Å². The highest BCUT2D eigenvalue weighted by atomic mass is 16.6. The molecule has 2 aliphatic heterocycles. The number of nitrogens with zero attached hydrogens (tertiary/aromatic N) is 4. The molecule has 2 amide bonds. The SMILES string of the molecule is CC(C)(C)OC(=O)N1CCC2(CC1)CCN(C(=O)c1cccc(-c3cn4ccccc4n3)c1)CC2. The van der Waals surface area contributed by atoms with E-state index in [4.69, 9.17) is 9.72 Å². The lowest BCUT2D eigenvalue weighted by Gasteiger charge is -2.46. The molecule has 0 atom stereocenters. The van der Waals surface area contributed by atoms with Crippen LogP contribution in [-0.2, 0) is 4.74 Å². The molecule has 4 heterocycles. The average molecular weight is 475 g/mol. The van der Waals surface area contributed by atoms with Gasteiger partial charge in [-0.15, -0.1) is 0 Å². The van der Waals surface area contributed by atoms with E-state index in [1.807, 2.05) is 89.8 Å². The molecule has 2 aromatic heterocycles. The van der Waals surface area contributed by atoms with Gasteiger partial charge >= 0.3 is 6.09 Å². The standard InChI is InChI=1S/C28H34N4O3/c1-27(2,3)35-26(34)31-17-12-28(13-18-31)10-15-30(16-11-28)25(33)22-8-6-7-21(19-22)23-20-32-14-5-4-9-24(32)29-23/h4-9,14,19-20H,10-13,15-18H2,1-3H3. The molecule has 184 valence electrons. The van der Waals surface area contributed by atoms with E-state index in [-0.39, 0.29) is 17.4 Å². The maximum absolute atomic E-state index is 13.3. The second kappa shape index (κ2) is 9.02. The number of hydrogen-bond donors (Lipinski definition) is 0. The van der Waals surface area contributed by atoms with Crippen molar-refractivity contribution < 1.29 is 14.3 Å². The van der Waals surface area contributed by atoms with E-state index >= 15 is 0 Å². The van der Waals surface area contributed by atoms with Gasteiger partial charge in [-0.25, -0.2) is 9.78 Å². The lowest BCUT2D eigenvalue weighted by molar-refractivity contribution is -0.00113. The fourth-order valence-corrected chi connectivity index (χ4v) is 5.24. The topological polar surface area (TPSA) is 67.2 Å². The van der Waals surface area contributed by atoms with Gasteiger partial charge in [0.25, 0.3) is 5.91 Å². The Kier molecular flexibility index (Phi) is 6.03. The first-order chi connectivity index (χ1) is 16.7. The highest BCUT2D eigenvalue weighted by Gasteiger charge is 2.40. The maximum Gasteiger partial charge on any atom is 0.410 e. The van der Waals surface area contributed by atoms with Crippen LogP contribution >= 0.6 is 0 Å². The molecule has 0 radical (unpaired) electrons. The van der Waals surface area contributed by atoms with E-state index in [9.17, 15) is 9.59 Å². The van der Waals surface area contributed by atoms with E-state index in [2.05, 4.69) is 0 Å². The van der Waals surface area contributed by atoms with Crippen LogP contribution in [0.1, 0.15) is 56.8 Å². The lowest BCUT2D eigenvalue weighted by Crippen LogP contribution is -2.50. The molecular weight excluding hydrogens is 440 g/mol. The van der Waals surface area contributed by atoms with Gasteiger partial charge in [0, 0.05) is 49.7 Å². The summed E-state index contributed by atoms with van der Waals surface area (Å²) in [6.45, 7) is 8.66. The number of piperidine rings is 2. The van der Waals surface area contributed by atoms with Crippen molar-refractivity contribution >= 4 is 17.6 Å². The van der Waals surface area contributed by atoms with E-state index in [1.165, 1.54) is 0 Å². The zero-order chi connectivity index (χ0) is 24.6. The molecule has 35 heavy (non-hydrogen) atoms. The Morgan fingerprint density at radius 2 is 1.60 bits per heavy atom. The van der Waals surface area contributed by atoms with Crippen molar-refractivity contribution in [2.75, 3.05) is 26.2 Å². The number of rotatable bonds is 2. The van der Waals surface area contributed by atoms with Crippen molar-refractivity contribution in [2.24, 2.45) is 5.41 Å². The first kappa shape index (κ1) is 23.4. The monoisotopic (exact) mass is 474 g/mol. The van der Waals surface area contributed by atoms with Gasteiger partial charge in [-0.2, -0.15) is 0 Å². The minimum Gasteiger partial charge on any atom is -0.444 e. The van der Waals surface area contributed by atoms with Crippen LogP contribution in [0.5, 0.6) is 0 Å². The molecule has 0 N–H and O–H groups in total. The van der Waals surface area contributed by atoms with Crippen molar-refractivity contribution in [1.29, 1.82) is 0 Å². The van der Waals surface area contributed by atoms with Gasteiger partial charge in [-0.3, -0.25) is 4.79 Å². The van der Waals surface area contributed by atoms with Crippen molar-refractivity contribution in [3.63, 3.8) is 0 Å². The van der Waals surface area contributed by atoms with Crippen LogP contribution in [0.4, 0.5) is 4.79 Å². The van der Waals surface area contributed by atoms with Gasteiger partial charge in [0.2, 0.25) is 0 Å². The van der Waals surface area contributed by atoms with Crippen LogP contribution in [0, 0.1) is 5.41 Å². The Morgan fingerprint density at radius 1 is 0.914 bits per heavy atom. The fourth-order valence-electron chi connectivity index (χ4n) is 5.24. The number of likely N-dealkylation sites (tertiary alicyclic amines) is 2. The molecule has 5 rings (SSSR count). The van der Waals surface area contributed by atoms with Crippen molar-refractivity contribution in [3.05, 3.63) is 60.4 Å². The molecule has 7 nitrogen and oxygen atoms in total. The van der Waals surface area contributed by atoms with Gasteiger partial charge < -0.3 is 18.9 Å². The normalized spacial score (nSPS) is 18.1. The number of carbonyl (C=O) groups is 2. The number of benzene rings is 1. The fraction of sp³-hybridized carbons (Fsp3) is 0.464. The Morgan fingerprint density at radius 3 is 2.26 bits per heavy atom. The third-order valence-electron chi connectivity index (χ3n) is 7.36.